The highest BCUT2D eigenvalue weighted by atomic mass is 127. The van der Waals surface area contributed by atoms with Crippen molar-refractivity contribution in [1.82, 2.24) is 0 Å². The lowest BCUT2D eigenvalue weighted by atomic mass is 10.2. The van der Waals surface area contributed by atoms with Crippen LogP contribution in [0.1, 0.15) is 11.1 Å². The van der Waals surface area contributed by atoms with E-state index < -0.39 is 0 Å². The van der Waals surface area contributed by atoms with Crippen LogP contribution >= 0.6 is 57.6 Å². The quantitative estimate of drug-likeness (QED) is 0.544. The van der Waals surface area contributed by atoms with E-state index in [1.54, 1.807) is 17.8 Å². The summed E-state index contributed by atoms with van der Waals surface area (Å²) in [5.41, 5.74) is 2.15. The fraction of sp³-hybridized carbons (Fsp3) is 0.188. The molecule has 0 fully saturated rings. The molecule has 0 saturated heterocycles. The number of rotatable bonds is 4. The second-order valence-corrected chi connectivity index (χ2v) is 7.78. The molecule has 0 bridgehead atoms. The van der Waals surface area contributed by atoms with Crippen LogP contribution in [0.2, 0.25) is 10.0 Å². The minimum absolute atomic E-state index is 0.460. The fourth-order valence-electron chi connectivity index (χ4n) is 2.05. The zero-order chi connectivity index (χ0) is 15.5. The summed E-state index contributed by atoms with van der Waals surface area (Å²) in [6.07, 6.45) is 0. The maximum absolute atomic E-state index is 6.02. The summed E-state index contributed by atoms with van der Waals surface area (Å²) in [4.78, 5) is 4.50. The van der Waals surface area contributed by atoms with Crippen LogP contribution in [0.25, 0.3) is 0 Å². The molecule has 0 unspecified atom stereocenters. The normalized spacial score (nSPS) is 14.0. The van der Waals surface area contributed by atoms with Crippen molar-refractivity contribution < 1.29 is 4.74 Å². The third kappa shape index (κ3) is 3.91. The van der Waals surface area contributed by atoms with E-state index in [0.717, 1.165) is 37.8 Å². The Kier molecular flexibility index (Phi) is 5.55. The summed E-state index contributed by atoms with van der Waals surface area (Å²) in [6.45, 7) is 1.37. The van der Waals surface area contributed by atoms with Crippen molar-refractivity contribution in [3.63, 3.8) is 0 Å². The maximum atomic E-state index is 6.02. The molecule has 1 aliphatic heterocycles. The number of benzene rings is 2. The highest BCUT2D eigenvalue weighted by Crippen LogP contribution is 2.28. The fourth-order valence-corrected chi connectivity index (χ4v) is 3.90. The van der Waals surface area contributed by atoms with Crippen molar-refractivity contribution in [3.8, 4) is 5.75 Å². The van der Waals surface area contributed by atoms with Crippen molar-refractivity contribution in [2.75, 3.05) is 12.3 Å². The Bertz CT molecular complexity index is 736. The van der Waals surface area contributed by atoms with Gasteiger partial charge >= 0.3 is 0 Å². The Morgan fingerprint density at radius 2 is 2.00 bits per heavy atom. The summed E-state index contributed by atoms with van der Waals surface area (Å²) in [5.74, 6) is 1.93. The molecule has 0 atom stereocenters. The van der Waals surface area contributed by atoms with Gasteiger partial charge in [0.1, 0.15) is 12.4 Å². The lowest BCUT2D eigenvalue weighted by molar-refractivity contribution is 0.304. The van der Waals surface area contributed by atoms with Gasteiger partial charge in [-0.15, -0.1) is 11.8 Å². The topological polar surface area (TPSA) is 21.6 Å². The smallest absolute Gasteiger partial charge is 0.133 e. The number of hydrogen-bond acceptors (Lipinski definition) is 3. The summed E-state index contributed by atoms with van der Waals surface area (Å²) in [5, 5.41) is 2.22. The summed E-state index contributed by atoms with van der Waals surface area (Å²) in [7, 11) is 0. The maximum Gasteiger partial charge on any atom is 0.133 e. The van der Waals surface area contributed by atoms with Gasteiger partial charge in [0.05, 0.1) is 18.7 Å². The Morgan fingerprint density at radius 3 is 2.68 bits per heavy atom. The van der Waals surface area contributed by atoms with Crippen LogP contribution in [0.15, 0.2) is 41.4 Å². The van der Waals surface area contributed by atoms with Crippen LogP contribution in [-0.2, 0) is 6.61 Å². The minimum Gasteiger partial charge on any atom is -0.488 e. The van der Waals surface area contributed by atoms with Crippen molar-refractivity contribution in [2.45, 2.75) is 6.61 Å². The van der Waals surface area contributed by atoms with Gasteiger partial charge in [-0.25, -0.2) is 0 Å². The van der Waals surface area contributed by atoms with Gasteiger partial charge in [0.2, 0.25) is 0 Å². The summed E-state index contributed by atoms with van der Waals surface area (Å²) in [6, 6.07) is 11.7. The highest BCUT2D eigenvalue weighted by molar-refractivity contribution is 14.1. The van der Waals surface area contributed by atoms with E-state index in [1.165, 1.54) is 0 Å². The predicted molar refractivity (Wildman–Crippen MR) is 104 cm³/mol. The van der Waals surface area contributed by atoms with Crippen molar-refractivity contribution in [1.29, 1.82) is 0 Å². The Morgan fingerprint density at radius 1 is 1.14 bits per heavy atom. The number of aliphatic imine (C=N–C) groups is 1. The second kappa shape index (κ2) is 7.43. The van der Waals surface area contributed by atoms with E-state index in [2.05, 4.69) is 39.7 Å². The molecule has 0 radical (unpaired) electrons. The molecular formula is C16H12Cl2INOS. The van der Waals surface area contributed by atoms with E-state index in [1.807, 2.05) is 18.2 Å². The molecule has 2 aromatic carbocycles. The number of halogens is 3. The summed E-state index contributed by atoms with van der Waals surface area (Å²) >= 11 is 16.0. The van der Waals surface area contributed by atoms with Crippen LogP contribution in [0.3, 0.4) is 0 Å². The van der Waals surface area contributed by atoms with Crippen molar-refractivity contribution in [2.24, 2.45) is 4.99 Å². The molecule has 22 heavy (non-hydrogen) atoms. The van der Waals surface area contributed by atoms with Crippen LogP contribution in [0.4, 0.5) is 0 Å². The molecule has 0 N–H and O–H groups in total. The van der Waals surface area contributed by atoms with Crippen LogP contribution in [0, 0.1) is 3.57 Å². The first-order valence-corrected chi connectivity index (χ1v) is 9.49. The van der Waals surface area contributed by atoms with Gasteiger partial charge in [-0.05, 0) is 58.5 Å². The number of thioether (sulfide) groups is 1. The predicted octanol–water partition coefficient (Wildman–Crippen LogP) is 5.67. The largest absolute Gasteiger partial charge is 0.488 e. The van der Waals surface area contributed by atoms with Crippen LogP contribution < -0.4 is 4.74 Å². The molecule has 0 aliphatic carbocycles. The van der Waals surface area contributed by atoms with Gasteiger partial charge in [0, 0.05) is 17.9 Å². The first-order valence-electron chi connectivity index (χ1n) is 6.67. The molecule has 1 heterocycles. The van der Waals surface area contributed by atoms with Gasteiger partial charge in [-0.3, -0.25) is 4.99 Å². The number of hydrogen-bond donors (Lipinski definition) is 0. The third-order valence-electron chi connectivity index (χ3n) is 3.14. The van der Waals surface area contributed by atoms with Gasteiger partial charge in [0.15, 0.2) is 0 Å². The molecule has 2 nitrogen and oxygen atoms in total. The Labute approximate surface area is 157 Å². The van der Waals surface area contributed by atoms with Gasteiger partial charge < -0.3 is 4.74 Å². The standard InChI is InChI=1S/C16H12Cl2INOS/c17-12-3-1-10(7-13(12)18)9-21-15-4-2-11(8-14(15)19)16-20-5-6-22-16/h1-4,7-8H,5-6,9H2. The second-order valence-electron chi connectivity index (χ2n) is 4.72. The molecule has 1 aliphatic rings. The average Bonchev–Trinajstić information content (AvgIpc) is 3.04. The number of ether oxygens (including phenoxy) is 1. The molecule has 2 aromatic rings. The van der Waals surface area contributed by atoms with Gasteiger partial charge in [-0.2, -0.15) is 0 Å². The molecule has 0 spiro atoms. The molecule has 114 valence electrons. The first-order chi connectivity index (χ1) is 10.6. The monoisotopic (exact) mass is 463 g/mol. The molecule has 0 saturated carbocycles. The van der Waals surface area contributed by atoms with Crippen LogP contribution in [0.5, 0.6) is 5.75 Å². The van der Waals surface area contributed by atoms with E-state index in [0.29, 0.717) is 16.7 Å². The van der Waals surface area contributed by atoms with Gasteiger partial charge in [0.25, 0.3) is 0 Å². The molecule has 0 aromatic heterocycles. The average molecular weight is 464 g/mol. The first kappa shape index (κ1) is 16.4. The SMILES string of the molecule is Clc1ccc(COc2ccc(C3=NCCS3)cc2I)cc1Cl. The Hall–Kier alpha value is -0.430. The minimum atomic E-state index is 0.460. The van der Waals surface area contributed by atoms with E-state index >= 15 is 0 Å². The lowest BCUT2D eigenvalue weighted by Gasteiger charge is -2.10. The summed E-state index contributed by atoms with van der Waals surface area (Å²) < 4.78 is 6.95. The molecular weight excluding hydrogens is 452 g/mol. The van der Waals surface area contributed by atoms with E-state index in [-0.39, 0.29) is 0 Å². The molecule has 6 heteroatoms. The van der Waals surface area contributed by atoms with Crippen LogP contribution in [-0.4, -0.2) is 17.3 Å². The zero-order valence-electron chi connectivity index (χ0n) is 11.5. The molecule has 3 rings (SSSR count). The zero-order valence-corrected chi connectivity index (χ0v) is 16.0. The van der Waals surface area contributed by atoms with Gasteiger partial charge in [-0.1, -0.05) is 29.3 Å². The van der Waals surface area contributed by atoms with Crippen molar-refractivity contribution >= 4 is 62.6 Å². The highest BCUT2D eigenvalue weighted by Gasteiger charge is 2.12. The van der Waals surface area contributed by atoms with Crippen molar-refractivity contribution in [3.05, 3.63) is 61.1 Å². The number of nitrogens with zero attached hydrogens (tertiary/aromatic N) is 1. The Balaban J connectivity index is 1.71. The lowest BCUT2D eigenvalue weighted by Crippen LogP contribution is -1.99. The third-order valence-corrected chi connectivity index (χ3v) is 5.75. The van der Waals surface area contributed by atoms with E-state index in [4.69, 9.17) is 27.9 Å². The molecule has 0 amide bonds. The van der Waals surface area contributed by atoms with E-state index in [9.17, 15) is 0 Å².